The Bertz CT molecular complexity index is 815. The first-order valence-electron chi connectivity index (χ1n) is 7.59. The molecule has 1 heterocycles. The highest BCUT2D eigenvalue weighted by Gasteiger charge is 2.33. The minimum absolute atomic E-state index is 0.0631. The highest BCUT2D eigenvalue weighted by molar-refractivity contribution is 7.91. The zero-order chi connectivity index (χ0) is 16.4. The Kier molecular flexibility index (Phi) is 4.22. The lowest BCUT2D eigenvalue weighted by atomic mass is 10.0. The second kappa shape index (κ2) is 6.16. The average molecular weight is 329 g/mol. The molecule has 1 aliphatic rings. The van der Waals surface area contributed by atoms with Gasteiger partial charge in [0.1, 0.15) is 0 Å². The predicted octanol–water partition coefficient (Wildman–Crippen LogP) is 2.61. The molecular formula is C18H19NO3S. The van der Waals surface area contributed by atoms with Gasteiger partial charge in [0.05, 0.1) is 11.5 Å². The molecule has 23 heavy (non-hydrogen) atoms. The van der Waals surface area contributed by atoms with Crippen LogP contribution in [0.3, 0.4) is 0 Å². The number of hydrogen-bond donors (Lipinski definition) is 0. The molecule has 1 saturated heterocycles. The van der Waals surface area contributed by atoms with Gasteiger partial charge >= 0.3 is 0 Å². The van der Waals surface area contributed by atoms with Crippen molar-refractivity contribution in [3.8, 4) is 11.1 Å². The first kappa shape index (κ1) is 15.7. The van der Waals surface area contributed by atoms with E-state index in [1.54, 1.807) is 18.0 Å². The molecule has 0 spiro atoms. The van der Waals surface area contributed by atoms with E-state index in [1.807, 2.05) is 48.5 Å². The second-order valence-corrected chi connectivity index (χ2v) is 8.15. The van der Waals surface area contributed by atoms with E-state index in [9.17, 15) is 13.2 Å². The predicted molar refractivity (Wildman–Crippen MR) is 91.0 cm³/mol. The first-order valence-corrected chi connectivity index (χ1v) is 9.41. The molecule has 1 atom stereocenters. The summed E-state index contributed by atoms with van der Waals surface area (Å²) in [5.74, 6) is 0.0948. The van der Waals surface area contributed by atoms with Crippen molar-refractivity contribution in [1.29, 1.82) is 0 Å². The lowest BCUT2D eigenvalue weighted by Crippen LogP contribution is -2.37. The summed E-state index contributed by atoms with van der Waals surface area (Å²) in [6, 6.07) is 17.1. The summed E-state index contributed by atoms with van der Waals surface area (Å²) < 4.78 is 23.2. The summed E-state index contributed by atoms with van der Waals surface area (Å²) in [4.78, 5) is 14.2. The zero-order valence-electron chi connectivity index (χ0n) is 13.0. The van der Waals surface area contributed by atoms with Crippen molar-refractivity contribution in [1.82, 2.24) is 4.90 Å². The third-order valence-corrected chi connectivity index (χ3v) is 6.04. The fourth-order valence-electron chi connectivity index (χ4n) is 2.91. The number of sulfone groups is 1. The maximum Gasteiger partial charge on any atom is 0.253 e. The van der Waals surface area contributed by atoms with Crippen LogP contribution in [0.1, 0.15) is 16.8 Å². The van der Waals surface area contributed by atoms with Gasteiger partial charge in [-0.15, -0.1) is 0 Å². The fraction of sp³-hybridized carbons (Fsp3) is 0.278. The van der Waals surface area contributed by atoms with Crippen LogP contribution in [0.5, 0.6) is 0 Å². The van der Waals surface area contributed by atoms with E-state index < -0.39 is 9.84 Å². The maximum absolute atomic E-state index is 12.7. The number of nitrogens with zero attached hydrogens (tertiary/aromatic N) is 1. The summed E-state index contributed by atoms with van der Waals surface area (Å²) in [5.41, 5.74) is 2.61. The monoisotopic (exact) mass is 329 g/mol. The van der Waals surface area contributed by atoms with Crippen LogP contribution in [0.25, 0.3) is 11.1 Å². The van der Waals surface area contributed by atoms with Crippen LogP contribution in [0.2, 0.25) is 0 Å². The first-order chi connectivity index (χ1) is 11.0. The Balaban J connectivity index is 1.83. The molecule has 1 fully saturated rings. The molecule has 1 aliphatic heterocycles. The Morgan fingerprint density at radius 2 is 1.74 bits per heavy atom. The number of carbonyl (C=O) groups is 1. The van der Waals surface area contributed by atoms with E-state index in [4.69, 9.17) is 0 Å². The van der Waals surface area contributed by atoms with E-state index in [0.29, 0.717) is 12.0 Å². The van der Waals surface area contributed by atoms with Gasteiger partial charge in [-0.3, -0.25) is 4.79 Å². The van der Waals surface area contributed by atoms with Crippen molar-refractivity contribution in [3.05, 3.63) is 60.2 Å². The number of amides is 1. The van der Waals surface area contributed by atoms with E-state index >= 15 is 0 Å². The van der Waals surface area contributed by atoms with Crippen LogP contribution >= 0.6 is 0 Å². The minimum atomic E-state index is -3.00. The third kappa shape index (κ3) is 3.45. The molecular weight excluding hydrogens is 310 g/mol. The molecule has 5 heteroatoms. The van der Waals surface area contributed by atoms with E-state index in [0.717, 1.165) is 11.1 Å². The number of hydrogen-bond acceptors (Lipinski definition) is 3. The Morgan fingerprint density at radius 1 is 1.04 bits per heavy atom. The highest BCUT2D eigenvalue weighted by Crippen LogP contribution is 2.22. The largest absolute Gasteiger partial charge is 0.338 e. The molecule has 0 N–H and O–H groups in total. The van der Waals surface area contributed by atoms with Crippen LogP contribution in [-0.2, 0) is 9.84 Å². The molecule has 1 unspecified atom stereocenters. The lowest BCUT2D eigenvalue weighted by Gasteiger charge is -2.23. The standard InChI is InChI=1S/C18H19NO3S/c1-19(17-10-11-23(21,22)13-17)18(20)16-9-5-8-15(12-16)14-6-3-2-4-7-14/h2-9,12,17H,10-11,13H2,1H3. The summed E-state index contributed by atoms with van der Waals surface area (Å²) >= 11 is 0. The van der Waals surface area contributed by atoms with Gasteiger partial charge in [0.25, 0.3) is 5.91 Å². The highest BCUT2D eigenvalue weighted by atomic mass is 32.2. The van der Waals surface area contributed by atoms with Crippen molar-refractivity contribution in [2.75, 3.05) is 18.6 Å². The van der Waals surface area contributed by atoms with E-state index in [-0.39, 0.29) is 23.5 Å². The van der Waals surface area contributed by atoms with Crippen LogP contribution < -0.4 is 0 Å². The zero-order valence-corrected chi connectivity index (χ0v) is 13.8. The van der Waals surface area contributed by atoms with Crippen LogP contribution in [-0.4, -0.2) is 43.8 Å². The SMILES string of the molecule is CN(C(=O)c1cccc(-c2ccccc2)c1)C1CCS(=O)(=O)C1. The molecule has 1 amide bonds. The Hall–Kier alpha value is -2.14. The van der Waals surface area contributed by atoms with Gasteiger partial charge in [0.15, 0.2) is 9.84 Å². The summed E-state index contributed by atoms with van der Waals surface area (Å²) in [6.45, 7) is 0. The summed E-state index contributed by atoms with van der Waals surface area (Å²) in [6.07, 6.45) is 0.517. The quantitative estimate of drug-likeness (QED) is 0.870. The van der Waals surface area contributed by atoms with Crippen LogP contribution in [0, 0.1) is 0 Å². The molecule has 2 aromatic rings. The topological polar surface area (TPSA) is 54.5 Å². The van der Waals surface area contributed by atoms with Gasteiger partial charge in [0, 0.05) is 18.7 Å². The van der Waals surface area contributed by atoms with Crippen molar-refractivity contribution in [2.45, 2.75) is 12.5 Å². The van der Waals surface area contributed by atoms with Gasteiger partial charge in [-0.05, 0) is 29.7 Å². The van der Waals surface area contributed by atoms with Crippen molar-refractivity contribution < 1.29 is 13.2 Å². The molecule has 0 saturated carbocycles. The third-order valence-electron chi connectivity index (χ3n) is 4.29. The summed E-state index contributed by atoms with van der Waals surface area (Å²) in [5, 5.41) is 0. The van der Waals surface area contributed by atoms with E-state index in [2.05, 4.69) is 0 Å². The van der Waals surface area contributed by atoms with Gasteiger partial charge in [-0.2, -0.15) is 0 Å². The van der Waals surface area contributed by atoms with Crippen molar-refractivity contribution >= 4 is 15.7 Å². The lowest BCUT2D eigenvalue weighted by molar-refractivity contribution is 0.0748. The van der Waals surface area contributed by atoms with Gasteiger partial charge in [-0.1, -0.05) is 42.5 Å². The fourth-order valence-corrected chi connectivity index (χ4v) is 4.69. The van der Waals surface area contributed by atoms with Crippen LogP contribution in [0.15, 0.2) is 54.6 Å². The average Bonchev–Trinajstić information content (AvgIpc) is 2.94. The number of benzene rings is 2. The molecule has 3 rings (SSSR count). The molecule has 2 aromatic carbocycles. The van der Waals surface area contributed by atoms with E-state index in [1.165, 1.54) is 0 Å². The molecule has 0 aliphatic carbocycles. The number of rotatable bonds is 3. The Labute approximate surface area is 136 Å². The normalized spacial score (nSPS) is 19.4. The van der Waals surface area contributed by atoms with Gasteiger partial charge < -0.3 is 4.90 Å². The second-order valence-electron chi connectivity index (χ2n) is 5.92. The molecule has 0 aromatic heterocycles. The van der Waals surface area contributed by atoms with Crippen LogP contribution in [0.4, 0.5) is 0 Å². The van der Waals surface area contributed by atoms with Crippen molar-refractivity contribution in [3.63, 3.8) is 0 Å². The minimum Gasteiger partial charge on any atom is -0.338 e. The molecule has 0 bridgehead atoms. The molecule has 0 radical (unpaired) electrons. The van der Waals surface area contributed by atoms with Crippen molar-refractivity contribution in [2.24, 2.45) is 0 Å². The van der Waals surface area contributed by atoms with Gasteiger partial charge in [-0.25, -0.2) is 8.42 Å². The van der Waals surface area contributed by atoms with Gasteiger partial charge in [0.2, 0.25) is 0 Å². The Morgan fingerprint density at radius 3 is 2.39 bits per heavy atom. The maximum atomic E-state index is 12.7. The number of carbonyl (C=O) groups excluding carboxylic acids is 1. The molecule has 4 nitrogen and oxygen atoms in total. The molecule has 120 valence electrons. The smallest absolute Gasteiger partial charge is 0.253 e. The summed E-state index contributed by atoms with van der Waals surface area (Å²) in [7, 11) is -1.32.